The summed E-state index contributed by atoms with van der Waals surface area (Å²) < 4.78 is 0. The second-order valence-electron chi connectivity index (χ2n) is 3.66. The lowest BCUT2D eigenvalue weighted by atomic mass is 9.96. The van der Waals surface area contributed by atoms with Gasteiger partial charge in [0.05, 0.1) is 5.92 Å². The van der Waals surface area contributed by atoms with Gasteiger partial charge >= 0.3 is 5.97 Å². The first kappa shape index (κ1) is 11.4. The van der Waals surface area contributed by atoms with Crippen molar-refractivity contribution in [2.45, 2.75) is 13.8 Å². The van der Waals surface area contributed by atoms with Gasteiger partial charge in [-0.1, -0.05) is 13.8 Å². The molecule has 1 atom stereocenters. The second kappa shape index (κ2) is 5.29. The zero-order valence-corrected chi connectivity index (χ0v) is 8.84. The molecule has 0 saturated carbocycles. The van der Waals surface area contributed by atoms with Crippen LogP contribution >= 0.6 is 0 Å². The maximum absolute atomic E-state index is 10.9. The Balaban J connectivity index is 2.51. The van der Waals surface area contributed by atoms with Gasteiger partial charge in [0.15, 0.2) is 0 Å². The van der Waals surface area contributed by atoms with E-state index < -0.39 is 11.9 Å². The van der Waals surface area contributed by atoms with Gasteiger partial charge in [-0.25, -0.2) is 9.97 Å². The fraction of sp³-hybridized carbons (Fsp3) is 0.500. The van der Waals surface area contributed by atoms with E-state index in [1.807, 2.05) is 13.8 Å². The summed E-state index contributed by atoms with van der Waals surface area (Å²) in [7, 11) is 0. The SMILES string of the molecule is CC(C)C(CNc1ccncn1)C(=O)O. The third kappa shape index (κ3) is 3.53. The van der Waals surface area contributed by atoms with Crippen LogP contribution in [0.15, 0.2) is 18.6 Å². The molecule has 82 valence electrons. The van der Waals surface area contributed by atoms with Gasteiger partial charge in [-0.3, -0.25) is 4.79 Å². The standard InChI is InChI=1S/C10H15N3O2/c1-7(2)8(10(14)15)5-12-9-3-4-11-6-13-9/h3-4,6-8H,5H2,1-2H3,(H,14,15)(H,11,12,13). The van der Waals surface area contributed by atoms with Gasteiger partial charge in [0, 0.05) is 12.7 Å². The number of hydrogen-bond donors (Lipinski definition) is 2. The average Bonchev–Trinajstić information content (AvgIpc) is 2.18. The van der Waals surface area contributed by atoms with Crippen molar-refractivity contribution in [1.29, 1.82) is 0 Å². The Morgan fingerprint density at radius 2 is 2.33 bits per heavy atom. The van der Waals surface area contributed by atoms with Crippen molar-refractivity contribution in [3.05, 3.63) is 18.6 Å². The number of anilines is 1. The fourth-order valence-corrected chi connectivity index (χ4v) is 1.22. The Labute approximate surface area is 88.6 Å². The minimum atomic E-state index is -0.786. The summed E-state index contributed by atoms with van der Waals surface area (Å²) in [5, 5.41) is 11.9. The van der Waals surface area contributed by atoms with E-state index in [1.165, 1.54) is 6.33 Å². The molecule has 0 aliphatic rings. The highest BCUT2D eigenvalue weighted by Gasteiger charge is 2.20. The van der Waals surface area contributed by atoms with Crippen LogP contribution in [0, 0.1) is 11.8 Å². The number of nitrogens with one attached hydrogen (secondary N) is 1. The highest BCUT2D eigenvalue weighted by molar-refractivity contribution is 5.71. The van der Waals surface area contributed by atoms with Crippen molar-refractivity contribution in [3.63, 3.8) is 0 Å². The first-order valence-electron chi connectivity index (χ1n) is 4.84. The molecule has 15 heavy (non-hydrogen) atoms. The van der Waals surface area contributed by atoms with Crippen molar-refractivity contribution in [3.8, 4) is 0 Å². The maximum Gasteiger partial charge on any atom is 0.308 e. The summed E-state index contributed by atoms with van der Waals surface area (Å²) >= 11 is 0. The average molecular weight is 209 g/mol. The van der Waals surface area contributed by atoms with Crippen molar-refractivity contribution < 1.29 is 9.90 Å². The normalized spacial score (nSPS) is 12.5. The van der Waals surface area contributed by atoms with Crippen molar-refractivity contribution >= 4 is 11.8 Å². The van der Waals surface area contributed by atoms with Crippen LogP contribution in [0.2, 0.25) is 0 Å². The summed E-state index contributed by atoms with van der Waals surface area (Å²) in [6, 6.07) is 1.71. The van der Waals surface area contributed by atoms with Gasteiger partial charge in [0.2, 0.25) is 0 Å². The third-order valence-electron chi connectivity index (χ3n) is 2.21. The number of carboxylic acid groups (broad SMARTS) is 1. The van der Waals surface area contributed by atoms with E-state index in [-0.39, 0.29) is 5.92 Å². The fourth-order valence-electron chi connectivity index (χ4n) is 1.22. The molecule has 1 rings (SSSR count). The molecule has 5 nitrogen and oxygen atoms in total. The minimum absolute atomic E-state index is 0.0943. The Kier molecular flexibility index (Phi) is 4.03. The molecule has 0 saturated heterocycles. The molecule has 1 unspecified atom stereocenters. The molecule has 2 N–H and O–H groups in total. The number of rotatable bonds is 5. The van der Waals surface area contributed by atoms with Gasteiger partial charge in [-0.2, -0.15) is 0 Å². The van der Waals surface area contributed by atoms with Crippen LogP contribution in [-0.4, -0.2) is 27.6 Å². The molecular weight excluding hydrogens is 194 g/mol. The van der Waals surface area contributed by atoms with Crippen molar-refractivity contribution in [1.82, 2.24) is 9.97 Å². The van der Waals surface area contributed by atoms with Crippen molar-refractivity contribution in [2.24, 2.45) is 11.8 Å². The van der Waals surface area contributed by atoms with Crippen LogP contribution in [0.5, 0.6) is 0 Å². The van der Waals surface area contributed by atoms with Gasteiger partial charge in [0.25, 0.3) is 0 Å². The smallest absolute Gasteiger partial charge is 0.308 e. The quantitative estimate of drug-likeness (QED) is 0.763. The van der Waals surface area contributed by atoms with E-state index in [0.29, 0.717) is 12.4 Å². The van der Waals surface area contributed by atoms with Crippen LogP contribution in [0.3, 0.4) is 0 Å². The van der Waals surface area contributed by atoms with Gasteiger partial charge < -0.3 is 10.4 Å². The van der Waals surface area contributed by atoms with E-state index in [9.17, 15) is 4.79 Å². The molecule has 1 aromatic heterocycles. The van der Waals surface area contributed by atoms with Crippen LogP contribution < -0.4 is 5.32 Å². The molecule has 0 aromatic carbocycles. The number of carbonyl (C=O) groups is 1. The highest BCUT2D eigenvalue weighted by atomic mass is 16.4. The molecule has 0 fully saturated rings. The van der Waals surface area contributed by atoms with E-state index in [4.69, 9.17) is 5.11 Å². The summed E-state index contributed by atoms with van der Waals surface area (Å²) in [4.78, 5) is 18.6. The second-order valence-corrected chi connectivity index (χ2v) is 3.66. The molecule has 1 aromatic rings. The lowest BCUT2D eigenvalue weighted by molar-refractivity contribution is -0.142. The molecule has 0 radical (unpaired) electrons. The zero-order chi connectivity index (χ0) is 11.3. The van der Waals surface area contributed by atoms with Crippen LogP contribution in [-0.2, 0) is 4.79 Å². The summed E-state index contributed by atoms with van der Waals surface area (Å²) in [6.45, 7) is 4.16. The van der Waals surface area contributed by atoms with E-state index in [1.54, 1.807) is 12.3 Å². The van der Waals surface area contributed by atoms with Gasteiger partial charge in [0.1, 0.15) is 12.1 Å². The lowest BCUT2D eigenvalue weighted by Gasteiger charge is -2.16. The largest absolute Gasteiger partial charge is 0.481 e. The molecule has 1 heterocycles. The topological polar surface area (TPSA) is 75.1 Å². The van der Waals surface area contributed by atoms with Gasteiger partial charge in [-0.05, 0) is 12.0 Å². The maximum atomic E-state index is 10.9. The molecule has 0 aliphatic carbocycles. The molecule has 0 bridgehead atoms. The first-order valence-corrected chi connectivity index (χ1v) is 4.84. The van der Waals surface area contributed by atoms with E-state index >= 15 is 0 Å². The molecule has 5 heteroatoms. The Hall–Kier alpha value is -1.65. The Bertz CT molecular complexity index is 314. The lowest BCUT2D eigenvalue weighted by Crippen LogP contribution is -2.27. The van der Waals surface area contributed by atoms with E-state index in [2.05, 4.69) is 15.3 Å². The summed E-state index contributed by atoms with van der Waals surface area (Å²) in [5.74, 6) is -0.444. The minimum Gasteiger partial charge on any atom is -0.481 e. The molecule has 0 aliphatic heterocycles. The third-order valence-corrected chi connectivity index (χ3v) is 2.21. The Morgan fingerprint density at radius 3 is 2.80 bits per heavy atom. The highest BCUT2D eigenvalue weighted by Crippen LogP contribution is 2.11. The molecule has 0 amide bonds. The number of aliphatic carboxylic acids is 1. The van der Waals surface area contributed by atoms with Crippen LogP contribution in [0.4, 0.5) is 5.82 Å². The monoisotopic (exact) mass is 209 g/mol. The summed E-state index contributed by atoms with van der Waals surface area (Å²) in [5.41, 5.74) is 0. The van der Waals surface area contributed by atoms with Crippen LogP contribution in [0.25, 0.3) is 0 Å². The van der Waals surface area contributed by atoms with Crippen LogP contribution in [0.1, 0.15) is 13.8 Å². The number of nitrogens with zero attached hydrogens (tertiary/aromatic N) is 2. The van der Waals surface area contributed by atoms with Gasteiger partial charge in [-0.15, -0.1) is 0 Å². The zero-order valence-electron chi connectivity index (χ0n) is 8.84. The predicted molar refractivity (Wildman–Crippen MR) is 56.5 cm³/mol. The Morgan fingerprint density at radius 1 is 1.60 bits per heavy atom. The number of hydrogen-bond acceptors (Lipinski definition) is 4. The predicted octanol–water partition coefficient (Wildman–Crippen LogP) is 1.25. The molecular formula is C10H15N3O2. The first-order chi connectivity index (χ1) is 7.11. The summed E-state index contributed by atoms with van der Waals surface area (Å²) in [6.07, 6.45) is 3.04. The number of aromatic nitrogens is 2. The molecule has 0 spiro atoms. The van der Waals surface area contributed by atoms with Crippen molar-refractivity contribution in [2.75, 3.05) is 11.9 Å². The number of carboxylic acids is 1. The van der Waals surface area contributed by atoms with E-state index in [0.717, 1.165) is 0 Å².